The molecule has 5 aliphatic rings. The summed E-state index contributed by atoms with van der Waals surface area (Å²) in [4.78, 5) is 15.5. The van der Waals surface area contributed by atoms with Gasteiger partial charge in [-0.25, -0.2) is 4.79 Å². The Balaban J connectivity index is 0.913. The summed E-state index contributed by atoms with van der Waals surface area (Å²) in [6.45, 7) is 22.6. The highest BCUT2D eigenvalue weighted by atomic mass is 16.6. The Morgan fingerprint density at radius 3 is 2.38 bits per heavy atom. The first-order valence-corrected chi connectivity index (χ1v) is 27.5. The van der Waals surface area contributed by atoms with E-state index >= 15 is 0 Å². The molecule has 0 spiro atoms. The number of unbranched alkanes of at least 4 members (excludes halogenated alkanes) is 8. The number of amides is 1. The predicted octanol–water partition coefficient (Wildman–Crippen LogP) is 14.4. The highest BCUT2D eigenvalue weighted by Crippen LogP contribution is 2.67. The fourth-order valence-electron chi connectivity index (χ4n) is 13.4. The van der Waals surface area contributed by atoms with Crippen LogP contribution < -0.4 is 5.32 Å². The fraction of sp³-hybridized carbons (Fsp3) is 0.877. The van der Waals surface area contributed by atoms with Crippen molar-refractivity contribution in [3.8, 4) is 0 Å². The van der Waals surface area contributed by atoms with E-state index in [-0.39, 0.29) is 23.7 Å². The average Bonchev–Trinajstić information content (AvgIpc) is 3.85. The number of allylic oxidation sites excluding steroid dienone is 5. The van der Waals surface area contributed by atoms with Crippen LogP contribution in [-0.2, 0) is 18.9 Å². The summed E-state index contributed by atoms with van der Waals surface area (Å²) in [5, 5.41) is 2.97. The lowest BCUT2D eigenvalue weighted by Gasteiger charge is -2.58. The molecular formula is C57H100N2O5. The summed E-state index contributed by atoms with van der Waals surface area (Å²) in [5.41, 5.74) is 2.35. The molecule has 6 unspecified atom stereocenters. The van der Waals surface area contributed by atoms with Gasteiger partial charge in [-0.2, -0.15) is 0 Å². The summed E-state index contributed by atoms with van der Waals surface area (Å²) in [5.74, 6) is 5.04. The van der Waals surface area contributed by atoms with Crippen molar-refractivity contribution in [3.05, 3.63) is 36.0 Å². The number of likely N-dealkylation sites (tertiary alicyclic amines) is 1. The van der Waals surface area contributed by atoms with Crippen LogP contribution in [0.4, 0.5) is 4.79 Å². The number of nitrogens with one attached hydrogen (secondary N) is 1. The zero-order valence-corrected chi connectivity index (χ0v) is 42.7. The van der Waals surface area contributed by atoms with Crippen LogP contribution in [0.5, 0.6) is 0 Å². The Morgan fingerprint density at radius 2 is 1.61 bits per heavy atom. The summed E-state index contributed by atoms with van der Waals surface area (Å²) in [6.07, 6.45) is 41.9. The summed E-state index contributed by atoms with van der Waals surface area (Å²) >= 11 is 0. The van der Waals surface area contributed by atoms with E-state index in [2.05, 4.69) is 89.1 Å². The van der Waals surface area contributed by atoms with E-state index in [1.165, 1.54) is 122 Å². The Hall–Kier alpha value is -1.67. The van der Waals surface area contributed by atoms with E-state index in [4.69, 9.17) is 18.9 Å². The van der Waals surface area contributed by atoms with Crippen LogP contribution in [0, 0.1) is 46.3 Å². The number of hydrogen-bond donors (Lipinski definition) is 1. The van der Waals surface area contributed by atoms with Crippen LogP contribution in [0.2, 0.25) is 0 Å². The molecule has 0 aromatic rings. The summed E-state index contributed by atoms with van der Waals surface area (Å²) in [6, 6.07) is 0.604. The van der Waals surface area contributed by atoms with Crippen LogP contribution in [0.3, 0.4) is 0 Å². The molecule has 368 valence electrons. The molecule has 0 bridgehead atoms. The average molecular weight is 893 g/mol. The molecule has 4 aliphatic carbocycles. The molecule has 64 heavy (non-hydrogen) atoms. The molecule has 4 fully saturated rings. The van der Waals surface area contributed by atoms with Gasteiger partial charge in [0.15, 0.2) is 0 Å². The number of fused-ring (bicyclic) bond motifs is 5. The number of ether oxygens (including phenoxy) is 4. The molecule has 10 atom stereocenters. The monoisotopic (exact) mass is 893 g/mol. The molecule has 1 saturated heterocycles. The minimum absolute atomic E-state index is 0.0329. The van der Waals surface area contributed by atoms with Crippen LogP contribution >= 0.6 is 0 Å². The van der Waals surface area contributed by atoms with E-state index in [0.717, 1.165) is 87.3 Å². The van der Waals surface area contributed by atoms with Crippen LogP contribution in [0.15, 0.2) is 36.0 Å². The zero-order chi connectivity index (χ0) is 45.6. The van der Waals surface area contributed by atoms with Crippen molar-refractivity contribution in [2.75, 3.05) is 52.7 Å². The van der Waals surface area contributed by atoms with E-state index in [9.17, 15) is 4.79 Å². The molecular weight excluding hydrogens is 793 g/mol. The van der Waals surface area contributed by atoms with E-state index < -0.39 is 0 Å². The third kappa shape index (κ3) is 16.5. The second-order valence-electron chi connectivity index (χ2n) is 22.4. The summed E-state index contributed by atoms with van der Waals surface area (Å²) in [7, 11) is 0. The van der Waals surface area contributed by atoms with Crippen molar-refractivity contribution >= 4 is 6.09 Å². The van der Waals surface area contributed by atoms with Crippen molar-refractivity contribution in [2.45, 2.75) is 221 Å². The largest absolute Gasteiger partial charge is 0.446 e. The Labute approximate surface area is 394 Å². The second-order valence-corrected chi connectivity index (χ2v) is 22.4. The minimum atomic E-state index is -0.308. The van der Waals surface area contributed by atoms with Gasteiger partial charge in [0.1, 0.15) is 6.10 Å². The van der Waals surface area contributed by atoms with E-state index in [1.807, 2.05) is 0 Å². The molecule has 1 aliphatic heterocycles. The van der Waals surface area contributed by atoms with Crippen LogP contribution in [-0.4, -0.2) is 81.9 Å². The van der Waals surface area contributed by atoms with E-state index in [0.29, 0.717) is 44.4 Å². The molecule has 0 aromatic heterocycles. The first-order valence-electron chi connectivity index (χ1n) is 27.5. The zero-order valence-electron chi connectivity index (χ0n) is 42.7. The maximum Gasteiger partial charge on any atom is 0.407 e. The number of carbonyl (C=O) groups is 1. The van der Waals surface area contributed by atoms with Crippen molar-refractivity contribution < 1.29 is 23.7 Å². The minimum Gasteiger partial charge on any atom is -0.446 e. The molecule has 7 nitrogen and oxygen atoms in total. The lowest BCUT2D eigenvalue weighted by atomic mass is 9.47. The van der Waals surface area contributed by atoms with Gasteiger partial charge in [0.25, 0.3) is 0 Å². The number of rotatable bonds is 31. The molecule has 0 aromatic carbocycles. The molecule has 1 amide bonds. The van der Waals surface area contributed by atoms with Gasteiger partial charge in [-0.15, -0.1) is 0 Å². The SMILES string of the molecule is CCCC/C=C\C/C=C\CCCCCCCCOCC(CN1CCCC1C)OCCOCCNC(=O)O[C@H]1CC[C@@]2(C)C(=CC[C@H]3C4CCC(C(C)CCCC(C)C)[C@@]4(C)CCC32)C1. The molecule has 1 heterocycles. The van der Waals surface area contributed by atoms with Gasteiger partial charge in [-0.05, 0) is 150 Å². The predicted molar refractivity (Wildman–Crippen MR) is 268 cm³/mol. The standard InChI is InChI=1S/C57H100N2O5/c1-8-9-10-11-12-13-14-15-16-17-18-19-20-21-22-38-62-44-50(43-59-37-24-27-47(59)5)63-41-40-61-39-36-58-55(60)64-49-32-34-56(6)48(42-49)28-29-51-53-31-30-52(46(4)26-23-25-45(2)3)57(53,7)35-33-54(51)56/h11-12,14-15,28,45-47,49-54H,8-10,13,16-27,29-44H2,1-7H3,(H,58,60)/b12-11-,15-14-/t46?,47?,49-,50?,51-,52?,53?,54?,56-,57+/m0/s1. The van der Waals surface area contributed by atoms with Crippen molar-refractivity contribution in [1.82, 2.24) is 10.2 Å². The van der Waals surface area contributed by atoms with Gasteiger partial charge in [0.05, 0.1) is 32.5 Å². The maximum atomic E-state index is 12.9. The van der Waals surface area contributed by atoms with Gasteiger partial charge in [-0.3, -0.25) is 4.90 Å². The van der Waals surface area contributed by atoms with Gasteiger partial charge in [0.2, 0.25) is 0 Å². The quantitative estimate of drug-likeness (QED) is 0.0552. The lowest BCUT2D eigenvalue weighted by Crippen LogP contribution is -2.51. The Kier molecular flexibility index (Phi) is 23.8. The van der Waals surface area contributed by atoms with Gasteiger partial charge in [-0.1, -0.05) is 135 Å². The molecule has 7 heteroatoms. The lowest BCUT2D eigenvalue weighted by molar-refractivity contribution is -0.0583. The van der Waals surface area contributed by atoms with Crippen molar-refractivity contribution in [2.24, 2.45) is 46.3 Å². The van der Waals surface area contributed by atoms with Crippen LogP contribution in [0.1, 0.15) is 203 Å². The van der Waals surface area contributed by atoms with E-state index in [1.54, 1.807) is 5.57 Å². The third-order valence-corrected chi connectivity index (χ3v) is 17.3. The highest BCUT2D eigenvalue weighted by Gasteiger charge is 2.59. The molecule has 1 N–H and O–H groups in total. The maximum absolute atomic E-state index is 12.9. The summed E-state index contributed by atoms with van der Waals surface area (Å²) < 4.78 is 24.4. The van der Waals surface area contributed by atoms with Crippen molar-refractivity contribution in [1.29, 1.82) is 0 Å². The van der Waals surface area contributed by atoms with Crippen molar-refractivity contribution in [3.63, 3.8) is 0 Å². The topological polar surface area (TPSA) is 69.3 Å². The Morgan fingerprint density at radius 1 is 0.828 bits per heavy atom. The molecule has 3 saturated carbocycles. The van der Waals surface area contributed by atoms with Gasteiger partial charge < -0.3 is 24.3 Å². The second kappa shape index (κ2) is 28.6. The number of carbonyl (C=O) groups excluding carboxylic acids is 1. The number of alkyl carbamates (subject to hydrolysis) is 1. The van der Waals surface area contributed by atoms with Gasteiger partial charge in [0, 0.05) is 32.2 Å². The normalized spacial score (nSPS) is 30.4. The molecule has 5 rings (SSSR count). The molecule has 0 radical (unpaired) electrons. The van der Waals surface area contributed by atoms with Crippen LogP contribution in [0.25, 0.3) is 0 Å². The first kappa shape index (κ1) is 53.3. The smallest absolute Gasteiger partial charge is 0.407 e. The number of nitrogens with zero attached hydrogens (tertiary/aromatic N) is 1. The highest BCUT2D eigenvalue weighted by molar-refractivity contribution is 5.67. The fourth-order valence-corrected chi connectivity index (χ4v) is 13.4. The Bertz CT molecular complexity index is 1400. The number of hydrogen-bond acceptors (Lipinski definition) is 6. The first-order chi connectivity index (χ1) is 31.0. The van der Waals surface area contributed by atoms with Gasteiger partial charge >= 0.3 is 6.09 Å². The third-order valence-electron chi connectivity index (χ3n) is 17.3.